The third-order valence-corrected chi connectivity index (χ3v) is 6.20. The van der Waals surface area contributed by atoms with E-state index in [-0.39, 0.29) is 11.9 Å². The van der Waals surface area contributed by atoms with Gasteiger partial charge in [0.2, 0.25) is 11.9 Å². The van der Waals surface area contributed by atoms with Gasteiger partial charge in [-0.05, 0) is 30.9 Å². The molecule has 1 aromatic carbocycles. The van der Waals surface area contributed by atoms with Gasteiger partial charge < -0.3 is 4.90 Å². The summed E-state index contributed by atoms with van der Waals surface area (Å²) in [6.45, 7) is 1.88. The van der Waals surface area contributed by atoms with Gasteiger partial charge in [0.1, 0.15) is 0 Å². The first-order valence-corrected chi connectivity index (χ1v) is 10.6. The van der Waals surface area contributed by atoms with Gasteiger partial charge in [-0.15, -0.1) is 0 Å². The molecule has 1 saturated heterocycles. The van der Waals surface area contributed by atoms with Gasteiger partial charge in [-0.25, -0.2) is 5.01 Å². The normalized spacial score (nSPS) is 22.5. The number of carbonyl (C=O) groups excluding carboxylic acids is 1. The van der Waals surface area contributed by atoms with Gasteiger partial charge in [0.25, 0.3) is 0 Å². The molecule has 0 radical (unpaired) electrons. The molecule has 1 atom stereocenters. The van der Waals surface area contributed by atoms with E-state index in [1.807, 2.05) is 35.4 Å². The zero-order chi connectivity index (χ0) is 20.2. The number of benzene rings is 1. The molecule has 1 aliphatic carbocycles. The average molecular weight is 413 g/mol. The van der Waals surface area contributed by atoms with Crippen molar-refractivity contribution in [3.63, 3.8) is 0 Å². The summed E-state index contributed by atoms with van der Waals surface area (Å²) in [6.07, 6.45) is 8.31. The summed E-state index contributed by atoms with van der Waals surface area (Å²) in [5.74, 6) is 1.35. The number of hydrazone groups is 1. The zero-order valence-electron chi connectivity index (χ0n) is 16.4. The van der Waals surface area contributed by atoms with Gasteiger partial charge in [0.15, 0.2) is 6.19 Å². The van der Waals surface area contributed by atoms with E-state index >= 15 is 0 Å². The summed E-state index contributed by atoms with van der Waals surface area (Å²) < 4.78 is 0. The van der Waals surface area contributed by atoms with Crippen molar-refractivity contribution in [3.8, 4) is 6.19 Å². The Bertz CT molecular complexity index is 855. The van der Waals surface area contributed by atoms with E-state index in [1.54, 1.807) is 5.01 Å². The summed E-state index contributed by atoms with van der Waals surface area (Å²) in [5.41, 5.74) is 1.73. The van der Waals surface area contributed by atoms with Crippen molar-refractivity contribution >= 4 is 29.2 Å². The highest BCUT2D eigenvalue weighted by Crippen LogP contribution is 2.29. The summed E-state index contributed by atoms with van der Waals surface area (Å²) in [7, 11) is 0. The smallest absolute Gasteiger partial charge is 0.228 e. The molecular formula is C21H25ClN6O. The van der Waals surface area contributed by atoms with E-state index in [1.165, 1.54) is 19.3 Å². The lowest BCUT2D eigenvalue weighted by Gasteiger charge is -2.26. The molecule has 0 bridgehead atoms. The Kier molecular flexibility index (Phi) is 6.00. The summed E-state index contributed by atoms with van der Waals surface area (Å²) in [4.78, 5) is 18.9. The molecule has 0 aromatic heterocycles. The van der Waals surface area contributed by atoms with Crippen molar-refractivity contribution in [1.82, 2.24) is 15.2 Å². The predicted molar refractivity (Wildman–Crippen MR) is 112 cm³/mol. The Morgan fingerprint density at radius 1 is 1.31 bits per heavy atom. The predicted octanol–water partition coefficient (Wildman–Crippen LogP) is 2.97. The molecule has 2 aliphatic heterocycles. The molecule has 29 heavy (non-hydrogen) atoms. The number of amides is 1. The monoisotopic (exact) mass is 412 g/mol. The summed E-state index contributed by atoms with van der Waals surface area (Å²) in [5, 5.41) is 19.0. The van der Waals surface area contributed by atoms with E-state index in [0.29, 0.717) is 30.5 Å². The number of guanidine groups is 1. The van der Waals surface area contributed by atoms with Gasteiger partial charge >= 0.3 is 0 Å². The molecule has 1 saturated carbocycles. The number of halogens is 1. The molecule has 2 heterocycles. The van der Waals surface area contributed by atoms with Crippen molar-refractivity contribution < 1.29 is 4.79 Å². The third-order valence-electron chi connectivity index (χ3n) is 5.95. The first kappa shape index (κ1) is 19.7. The Hall–Kier alpha value is -2.59. The minimum atomic E-state index is -0.163. The second-order valence-electron chi connectivity index (χ2n) is 7.81. The number of hydrogen-bond acceptors (Lipinski definition) is 4. The van der Waals surface area contributed by atoms with Crippen molar-refractivity contribution in [1.29, 1.82) is 5.26 Å². The van der Waals surface area contributed by atoms with Crippen LogP contribution in [0.4, 0.5) is 0 Å². The van der Waals surface area contributed by atoms with Gasteiger partial charge in [0, 0.05) is 30.1 Å². The molecule has 2 fully saturated rings. The van der Waals surface area contributed by atoms with Crippen LogP contribution in [0.15, 0.2) is 34.4 Å². The Labute approximate surface area is 176 Å². The largest absolute Gasteiger partial charge is 0.332 e. The van der Waals surface area contributed by atoms with Crippen LogP contribution in [-0.2, 0) is 4.79 Å². The molecule has 8 heteroatoms. The topological polar surface area (TPSA) is 84.1 Å². The minimum absolute atomic E-state index is 0.148. The third kappa shape index (κ3) is 4.38. The van der Waals surface area contributed by atoms with Crippen LogP contribution >= 0.6 is 11.6 Å². The van der Waals surface area contributed by atoms with Crippen LogP contribution in [0.1, 0.15) is 44.1 Å². The lowest BCUT2D eigenvalue weighted by atomic mass is 9.83. The van der Waals surface area contributed by atoms with Crippen LogP contribution in [0.25, 0.3) is 0 Å². The SMILES string of the molecule is N#CNC(=NCCC1CCC1)N1CC(N2CCCC2=O)C(c2ccc(Cl)cc2)=N1. The zero-order valence-corrected chi connectivity index (χ0v) is 17.1. The highest BCUT2D eigenvalue weighted by atomic mass is 35.5. The highest BCUT2D eigenvalue weighted by Gasteiger charge is 2.38. The molecule has 3 aliphatic rings. The lowest BCUT2D eigenvalue weighted by Crippen LogP contribution is -2.45. The van der Waals surface area contributed by atoms with E-state index in [9.17, 15) is 10.1 Å². The van der Waals surface area contributed by atoms with E-state index in [2.05, 4.69) is 10.3 Å². The number of carbonyl (C=O) groups is 1. The van der Waals surface area contributed by atoms with Crippen molar-refractivity contribution in [2.24, 2.45) is 16.0 Å². The number of nitrogens with zero attached hydrogens (tertiary/aromatic N) is 5. The van der Waals surface area contributed by atoms with Crippen LogP contribution in [0.2, 0.25) is 5.02 Å². The van der Waals surface area contributed by atoms with E-state index in [4.69, 9.17) is 16.7 Å². The number of nitriles is 1. The maximum Gasteiger partial charge on any atom is 0.228 e. The van der Waals surface area contributed by atoms with Crippen LogP contribution in [-0.4, -0.2) is 53.2 Å². The number of nitrogens with one attached hydrogen (secondary N) is 1. The quantitative estimate of drug-likeness (QED) is 0.349. The first-order chi connectivity index (χ1) is 14.2. The molecule has 4 rings (SSSR count). The molecule has 1 aromatic rings. The van der Waals surface area contributed by atoms with Crippen molar-refractivity contribution in [2.45, 2.75) is 44.6 Å². The van der Waals surface area contributed by atoms with Crippen LogP contribution in [0, 0.1) is 17.4 Å². The minimum Gasteiger partial charge on any atom is -0.332 e. The van der Waals surface area contributed by atoms with Gasteiger partial charge in [0.05, 0.1) is 18.3 Å². The Morgan fingerprint density at radius 2 is 2.10 bits per heavy atom. The maximum atomic E-state index is 12.4. The number of rotatable bonds is 5. The first-order valence-electron chi connectivity index (χ1n) is 10.3. The molecule has 1 amide bonds. The summed E-state index contributed by atoms with van der Waals surface area (Å²) >= 11 is 6.04. The molecular weight excluding hydrogens is 388 g/mol. The van der Waals surface area contributed by atoms with Crippen LogP contribution < -0.4 is 5.32 Å². The lowest BCUT2D eigenvalue weighted by molar-refractivity contribution is -0.128. The van der Waals surface area contributed by atoms with E-state index < -0.39 is 0 Å². The number of aliphatic imine (C=N–C) groups is 1. The van der Waals surface area contributed by atoms with Gasteiger partial charge in [-0.3, -0.25) is 15.1 Å². The summed E-state index contributed by atoms with van der Waals surface area (Å²) in [6, 6.07) is 7.33. The fraction of sp³-hybridized carbons (Fsp3) is 0.524. The average Bonchev–Trinajstić information content (AvgIpc) is 3.29. The molecule has 152 valence electrons. The second-order valence-corrected chi connectivity index (χ2v) is 8.24. The standard InChI is InChI=1S/C21H25ClN6O/c22-17-8-6-16(7-9-17)20-18(27-12-2-5-19(27)29)13-28(26-20)21(25-14-23)24-11-10-15-3-1-4-15/h6-9,15,18H,1-5,10-13H2,(H,24,25). The van der Waals surface area contributed by atoms with Crippen LogP contribution in [0.5, 0.6) is 0 Å². The highest BCUT2D eigenvalue weighted by molar-refractivity contribution is 6.30. The van der Waals surface area contributed by atoms with Crippen molar-refractivity contribution in [2.75, 3.05) is 19.6 Å². The van der Waals surface area contributed by atoms with E-state index in [0.717, 1.165) is 36.6 Å². The van der Waals surface area contributed by atoms with Crippen LogP contribution in [0.3, 0.4) is 0 Å². The fourth-order valence-corrected chi connectivity index (χ4v) is 4.23. The number of hydrogen-bond donors (Lipinski definition) is 1. The Balaban J connectivity index is 1.58. The molecule has 1 N–H and O–H groups in total. The second kappa shape index (κ2) is 8.83. The molecule has 0 spiro atoms. The maximum absolute atomic E-state index is 12.4. The fourth-order valence-electron chi connectivity index (χ4n) is 4.11. The van der Waals surface area contributed by atoms with Gasteiger partial charge in [-0.2, -0.15) is 10.4 Å². The molecule has 1 unspecified atom stereocenters. The van der Waals surface area contributed by atoms with Crippen molar-refractivity contribution in [3.05, 3.63) is 34.9 Å². The molecule has 7 nitrogen and oxygen atoms in total. The number of likely N-dealkylation sites (tertiary alicyclic amines) is 1. The van der Waals surface area contributed by atoms with Gasteiger partial charge in [-0.1, -0.05) is 43.0 Å². The Morgan fingerprint density at radius 3 is 2.72 bits per heavy atom.